The van der Waals surface area contributed by atoms with Gasteiger partial charge in [-0.05, 0) is 31.9 Å². The highest BCUT2D eigenvalue weighted by atomic mass is 16.2. The summed E-state index contributed by atoms with van der Waals surface area (Å²) in [6.45, 7) is 1.27. The van der Waals surface area contributed by atoms with Crippen LogP contribution in [0.3, 0.4) is 0 Å². The maximum Gasteiger partial charge on any atom is 0.344 e. The molecule has 1 aromatic carbocycles. The number of anilines is 1. The average molecular weight is 358 g/mol. The number of Topliss-reactive ketones (excluding diaryl/α,β-unsaturated/α-hetero) is 1. The SMILES string of the molecule is CC(=O)c1ccccc1NCC(=O)NN1C(=O)NC2(CCCCC2)C1=O. The second-order valence-electron chi connectivity index (χ2n) is 6.70. The minimum Gasteiger partial charge on any atom is -0.376 e. The number of urea groups is 1. The number of imide groups is 1. The lowest BCUT2D eigenvalue weighted by atomic mass is 9.82. The van der Waals surface area contributed by atoms with Gasteiger partial charge in [0.15, 0.2) is 5.78 Å². The van der Waals surface area contributed by atoms with Gasteiger partial charge in [-0.15, -0.1) is 0 Å². The first kappa shape index (κ1) is 17.9. The van der Waals surface area contributed by atoms with Crippen molar-refractivity contribution in [3.63, 3.8) is 0 Å². The maximum atomic E-state index is 12.6. The van der Waals surface area contributed by atoms with Gasteiger partial charge in [0.1, 0.15) is 5.54 Å². The Balaban J connectivity index is 1.61. The van der Waals surface area contributed by atoms with Crippen LogP contribution < -0.4 is 16.1 Å². The molecule has 1 heterocycles. The number of benzene rings is 1. The van der Waals surface area contributed by atoms with Gasteiger partial charge in [-0.3, -0.25) is 19.8 Å². The van der Waals surface area contributed by atoms with Gasteiger partial charge < -0.3 is 10.6 Å². The van der Waals surface area contributed by atoms with Crippen molar-refractivity contribution in [3.8, 4) is 0 Å². The molecule has 1 saturated heterocycles. The third-order valence-electron chi connectivity index (χ3n) is 4.85. The van der Waals surface area contributed by atoms with Crippen LogP contribution in [0.15, 0.2) is 24.3 Å². The fraction of sp³-hybridized carbons (Fsp3) is 0.444. The first-order chi connectivity index (χ1) is 12.4. The molecule has 0 atom stereocenters. The predicted octanol–water partition coefficient (Wildman–Crippen LogP) is 1.59. The van der Waals surface area contributed by atoms with Crippen LogP contribution in [0.4, 0.5) is 10.5 Å². The highest BCUT2D eigenvalue weighted by Crippen LogP contribution is 2.32. The van der Waals surface area contributed by atoms with Gasteiger partial charge in [0.05, 0.1) is 6.54 Å². The number of carbonyl (C=O) groups is 4. The third kappa shape index (κ3) is 3.40. The molecule has 8 nitrogen and oxygen atoms in total. The van der Waals surface area contributed by atoms with Crippen LogP contribution >= 0.6 is 0 Å². The Morgan fingerprint density at radius 3 is 2.54 bits per heavy atom. The van der Waals surface area contributed by atoms with Crippen LogP contribution in [0.25, 0.3) is 0 Å². The number of nitrogens with one attached hydrogen (secondary N) is 3. The van der Waals surface area contributed by atoms with Crippen molar-refractivity contribution in [3.05, 3.63) is 29.8 Å². The number of hydrazine groups is 1. The number of hydrogen-bond donors (Lipinski definition) is 3. The molecule has 3 N–H and O–H groups in total. The van der Waals surface area contributed by atoms with Crippen LogP contribution in [0.1, 0.15) is 49.4 Å². The molecule has 8 heteroatoms. The Hall–Kier alpha value is -2.90. The van der Waals surface area contributed by atoms with Gasteiger partial charge in [0.2, 0.25) is 0 Å². The molecule has 1 aliphatic carbocycles. The Bertz CT molecular complexity index is 755. The van der Waals surface area contributed by atoms with Crippen molar-refractivity contribution >= 4 is 29.3 Å². The van der Waals surface area contributed by atoms with Crippen LogP contribution in [-0.2, 0) is 9.59 Å². The molecule has 26 heavy (non-hydrogen) atoms. The summed E-state index contributed by atoms with van der Waals surface area (Å²) in [5, 5.41) is 6.37. The van der Waals surface area contributed by atoms with E-state index in [1.165, 1.54) is 6.92 Å². The lowest BCUT2D eigenvalue weighted by Crippen LogP contribution is -2.51. The van der Waals surface area contributed by atoms with E-state index >= 15 is 0 Å². The number of nitrogens with zero attached hydrogens (tertiary/aromatic N) is 1. The van der Waals surface area contributed by atoms with Crippen molar-refractivity contribution in [2.45, 2.75) is 44.6 Å². The smallest absolute Gasteiger partial charge is 0.344 e. The quantitative estimate of drug-likeness (QED) is 0.547. The summed E-state index contributed by atoms with van der Waals surface area (Å²) in [6, 6.07) is 6.23. The first-order valence-electron chi connectivity index (χ1n) is 8.73. The zero-order valence-corrected chi connectivity index (χ0v) is 14.6. The Morgan fingerprint density at radius 2 is 1.85 bits per heavy atom. The van der Waals surface area contributed by atoms with E-state index in [0.717, 1.165) is 24.3 Å². The largest absolute Gasteiger partial charge is 0.376 e. The molecule has 1 aromatic rings. The standard InChI is InChI=1S/C18H22N4O4/c1-12(23)13-7-3-4-8-14(13)19-11-15(24)21-22-16(25)18(20-17(22)26)9-5-2-6-10-18/h3-4,7-8,19H,2,5-6,9-11H2,1H3,(H,20,26)(H,21,24). The predicted molar refractivity (Wildman–Crippen MR) is 94.3 cm³/mol. The Morgan fingerprint density at radius 1 is 1.15 bits per heavy atom. The molecule has 1 spiro atoms. The van der Waals surface area contributed by atoms with Gasteiger partial charge in [0, 0.05) is 11.3 Å². The van der Waals surface area contributed by atoms with Crippen LogP contribution in [0.2, 0.25) is 0 Å². The van der Waals surface area contributed by atoms with E-state index in [-0.39, 0.29) is 12.3 Å². The summed E-state index contributed by atoms with van der Waals surface area (Å²) in [7, 11) is 0. The molecule has 0 aromatic heterocycles. The molecule has 3 rings (SSSR count). The van der Waals surface area contributed by atoms with E-state index in [1.54, 1.807) is 24.3 Å². The molecule has 1 aliphatic heterocycles. The number of hydrogen-bond acceptors (Lipinski definition) is 5. The van der Waals surface area contributed by atoms with Crippen molar-refractivity contribution in [2.75, 3.05) is 11.9 Å². The maximum absolute atomic E-state index is 12.6. The van der Waals surface area contributed by atoms with E-state index in [1.807, 2.05) is 0 Å². The van der Waals surface area contributed by atoms with Crippen molar-refractivity contribution in [1.29, 1.82) is 0 Å². The average Bonchev–Trinajstić information content (AvgIpc) is 2.85. The molecular weight excluding hydrogens is 336 g/mol. The van der Waals surface area contributed by atoms with Gasteiger partial charge in [-0.2, -0.15) is 5.01 Å². The van der Waals surface area contributed by atoms with E-state index in [9.17, 15) is 19.2 Å². The minimum atomic E-state index is -0.878. The summed E-state index contributed by atoms with van der Waals surface area (Å²) < 4.78 is 0. The zero-order valence-electron chi connectivity index (χ0n) is 14.6. The lowest BCUT2D eigenvalue weighted by Gasteiger charge is -2.30. The number of ketones is 1. The Kier molecular flexibility index (Phi) is 4.92. The molecule has 0 bridgehead atoms. The number of rotatable bonds is 5. The van der Waals surface area contributed by atoms with Gasteiger partial charge in [-0.25, -0.2) is 4.79 Å². The van der Waals surface area contributed by atoms with Gasteiger partial charge >= 0.3 is 6.03 Å². The lowest BCUT2D eigenvalue weighted by molar-refractivity contribution is -0.139. The van der Waals surface area contributed by atoms with Crippen LogP contribution in [0.5, 0.6) is 0 Å². The first-order valence-corrected chi connectivity index (χ1v) is 8.73. The van der Waals surface area contributed by atoms with E-state index in [4.69, 9.17) is 0 Å². The van der Waals surface area contributed by atoms with E-state index < -0.39 is 23.4 Å². The highest BCUT2D eigenvalue weighted by Gasteiger charge is 2.52. The molecule has 4 amide bonds. The number of para-hydroxylation sites is 1. The fourth-order valence-electron chi connectivity index (χ4n) is 3.50. The fourth-order valence-corrected chi connectivity index (χ4v) is 3.50. The molecule has 0 radical (unpaired) electrons. The number of carbonyl (C=O) groups excluding carboxylic acids is 4. The van der Waals surface area contributed by atoms with E-state index in [0.29, 0.717) is 24.1 Å². The van der Waals surface area contributed by atoms with Crippen molar-refractivity contribution in [1.82, 2.24) is 15.8 Å². The monoisotopic (exact) mass is 358 g/mol. The molecule has 2 fully saturated rings. The molecular formula is C18H22N4O4. The molecule has 138 valence electrons. The normalized spacial score (nSPS) is 18.6. The second-order valence-corrected chi connectivity index (χ2v) is 6.70. The van der Waals surface area contributed by atoms with Gasteiger partial charge in [-0.1, -0.05) is 31.4 Å². The minimum absolute atomic E-state index is 0.123. The summed E-state index contributed by atoms with van der Waals surface area (Å²) in [5.74, 6) is -1.07. The number of amides is 4. The van der Waals surface area contributed by atoms with Crippen molar-refractivity contribution in [2.24, 2.45) is 0 Å². The summed E-state index contributed by atoms with van der Waals surface area (Å²) >= 11 is 0. The molecule has 0 unspecified atom stereocenters. The molecule has 1 saturated carbocycles. The Labute approximate surface area is 151 Å². The summed E-state index contributed by atoms with van der Waals surface area (Å²) in [4.78, 5) is 48.5. The third-order valence-corrected chi connectivity index (χ3v) is 4.85. The van der Waals surface area contributed by atoms with Gasteiger partial charge in [0.25, 0.3) is 11.8 Å². The summed E-state index contributed by atoms with van der Waals surface area (Å²) in [6.07, 6.45) is 3.97. The van der Waals surface area contributed by atoms with Crippen LogP contribution in [-0.4, -0.2) is 40.7 Å². The van der Waals surface area contributed by atoms with Crippen molar-refractivity contribution < 1.29 is 19.2 Å². The zero-order chi connectivity index (χ0) is 18.7. The molecule has 2 aliphatic rings. The topological polar surface area (TPSA) is 108 Å². The van der Waals surface area contributed by atoms with E-state index in [2.05, 4.69) is 16.1 Å². The summed E-state index contributed by atoms with van der Waals surface area (Å²) in [5.41, 5.74) is 2.47. The second kappa shape index (κ2) is 7.15. The van der Waals surface area contributed by atoms with Crippen LogP contribution in [0, 0.1) is 0 Å². The highest BCUT2D eigenvalue weighted by molar-refractivity contribution is 6.08.